The predicted molar refractivity (Wildman–Crippen MR) is 110 cm³/mol. The lowest BCUT2D eigenvalue weighted by molar-refractivity contribution is 0.180. The second-order valence-electron chi connectivity index (χ2n) is 7.05. The highest BCUT2D eigenvalue weighted by molar-refractivity contribution is 7.89. The zero-order chi connectivity index (χ0) is 19.7. The average Bonchev–Trinajstić information content (AvgIpc) is 3.36. The molecule has 1 aliphatic rings. The predicted octanol–water partition coefficient (Wildman–Crippen LogP) is 3.53. The third kappa shape index (κ3) is 3.91. The summed E-state index contributed by atoms with van der Waals surface area (Å²) >= 11 is 1.59. The van der Waals surface area contributed by atoms with E-state index in [1.54, 1.807) is 34.0 Å². The Balaban J connectivity index is 1.38. The van der Waals surface area contributed by atoms with Gasteiger partial charge in [0.25, 0.3) is 0 Å². The van der Waals surface area contributed by atoms with Crippen LogP contribution in [0.1, 0.15) is 16.8 Å². The maximum absolute atomic E-state index is 12.9. The van der Waals surface area contributed by atoms with Crippen molar-refractivity contribution in [3.8, 4) is 10.8 Å². The molecule has 0 amide bonds. The highest BCUT2D eigenvalue weighted by atomic mass is 32.2. The first-order chi connectivity index (χ1) is 13.4. The van der Waals surface area contributed by atoms with Crippen LogP contribution >= 0.6 is 11.3 Å². The number of aromatic nitrogens is 1. The van der Waals surface area contributed by atoms with Crippen LogP contribution in [-0.4, -0.2) is 48.8 Å². The molecule has 0 radical (unpaired) electrons. The molecule has 0 saturated carbocycles. The molecule has 4 rings (SSSR count). The Kier molecular flexibility index (Phi) is 5.37. The summed E-state index contributed by atoms with van der Waals surface area (Å²) in [5, 5.41) is 1.99. The lowest BCUT2D eigenvalue weighted by Gasteiger charge is -2.33. The van der Waals surface area contributed by atoms with Gasteiger partial charge < -0.3 is 4.42 Å². The largest absolute Gasteiger partial charge is 0.444 e. The Bertz CT molecular complexity index is 1050. The molecule has 0 N–H and O–H groups in total. The fourth-order valence-corrected chi connectivity index (χ4v) is 5.44. The third-order valence-electron chi connectivity index (χ3n) is 5.12. The van der Waals surface area contributed by atoms with E-state index in [2.05, 4.69) is 9.88 Å². The highest BCUT2D eigenvalue weighted by Crippen LogP contribution is 2.25. The number of nitrogens with zero attached hydrogens (tertiary/aromatic N) is 3. The number of piperazine rings is 1. The summed E-state index contributed by atoms with van der Waals surface area (Å²) in [7, 11) is -3.45. The zero-order valence-electron chi connectivity index (χ0n) is 16.0. The van der Waals surface area contributed by atoms with Gasteiger partial charge in [-0.2, -0.15) is 4.31 Å². The van der Waals surface area contributed by atoms with Crippen LogP contribution < -0.4 is 0 Å². The van der Waals surface area contributed by atoms with Gasteiger partial charge in [0, 0.05) is 32.7 Å². The number of benzene rings is 1. The number of hydrogen-bond acceptors (Lipinski definition) is 6. The van der Waals surface area contributed by atoms with Crippen LogP contribution in [0.3, 0.4) is 0 Å². The summed E-state index contributed by atoms with van der Waals surface area (Å²) in [6.07, 6.45) is 1.69. The van der Waals surface area contributed by atoms with Crippen LogP contribution in [0, 0.1) is 13.8 Å². The van der Waals surface area contributed by atoms with Gasteiger partial charge in [0.15, 0.2) is 0 Å². The second-order valence-corrected chi connectivity index (χ2v) is 9.93. The molecule has 3 heterocycles. The minimum atomic E-state index is -3.45. The summed E-state index contributed by atoms with van der Waals surface area (Å²) in [5.41, 5.74) is 2.96. The molecule has 1 aliphatic heterocycles. The minimum absolute atomic E-state index is 0.376. The van der Waals surface area contributed by atoms with Crippen molar-refractivity contribution < 1.29 is 12.8 Å². The molecular formula is C20H23N3O3S2. The highest BCUT2D eigenvalue weighted by Gasteiger charge is 2.29. The maximum atomic E-state index is 12.9. The molecule has 1 aromatic carbocycles. The number of sulfonamides is 1. The Labute approximate surface area is 169 Å². The number of hydrogen-bond donors (Lipinski definition) is 0. The van der Waals surface area contributed by atoms with E-state index < -0.39 is 10.0 Å². The molecule has 0 bridgehead atoms. The van der Waals surface area contributed by atoms with Crippen molar-refractivity contribution in [3.05, 3.63) is 58.8 Å². The van der Waals surface area contributed by atoms with Crippen LogP contribution in [0.25, 0.3) is 10.8 Å². The minimum Gasteiger partial charge on any atom is -0.444 e. The Morgan fingerprint density at radius 3 is 2.57 bits per heavy atom. The smallest absolute Gasteiger partial charge is 0.243 e. The summed E-state index contributed by atoms with van der Waals surface area (Å²) in [6.45, 7) is 6.88. The van der Waals surface area contributed by atoms with E-state index in [0.717, 1.165) is 21.7 Å². The molecule has 0 spiro atoms. The molecule has 0 atom stereocenters. The fraction of sp³-hybridized carbons (Fsp3) is 0.350. The van der Waals surface area contributed by atoms with E-state index in [1.807, 2.05) is 37.4 Å². The normalized spacial score (nSPS) is 16.5. The van der Waals surface area contributed by atoms with Gasteiger partial charge >= 0.3 is 0 Å². The Morgan fingerprint density at radius 1 is 1.11 bits per heavy atom. The van der Waals surface area contributed by atoms with Crippen LogP contribution in [0.2, 0.25) is 0 Å². The van der Waals surface area contributed by atoms with E-state index in [-0.39, 0.29) is 0 Å². The number of aryl methyl sites for hydroxylation is 2. The quantitative estimate of drug-likeness (QED) is 0.635. The molecule has 1 fully saturated rings. The summed E-state index contributed by atoms with van der Waals surface area (Å²) < 4.78 is 33.0. The standard InChI is InChI=1S/C20H23N3O3S2/c1-15-5-6-18(12-16(15)2)28(24,25)23-9-7-22(8-10-23)13-17-14-26-20(21-17)19-4-3-11-27-19/h3-6,11-12,14H,7-10,13H2,1-2H3. The summed E-state index contributed by atoms with van der Waals surface area (Å²) in [5.74, 6) is 0.640. The molecule has 148 valence electrons. The maximum Gasteiger partial charge on any atom is 0.243 e. The van der Waals surface area contributed by atoms with E-state index >= 15 is 0 Å². The number of oxazole rings is 1. The van der Waals surface area contributed by atoms with Crippen molar-refractivity contribution in [1.82, 2.24) is 14.2 Å². The molecule has 0 unspecified atom stereocenters. The first-order valence-corrected chi connectivity index (χ1v) is 11.5. The van der Waals surface area contributed by atoms with Gasteiger partial charge in [-0.3, -0.25) is 4.90 Å². The first-order valence-electron chi connectivity index (χ1n) is 9.21. The fourth-order valence-electron chi connectivity index (χ4n) is 3.27. The van der Waals surface area contributed by atoms with Crippen molar-refractivity contribution in [3.63, 3.8) is 0 Å². The monoisotopic (exact) mass is 417 g/mol. The van der Waals surface area contributed by atoms with Crippen molar-refractivity contribution in [2.45, 2.75) is 25.3 Å². The molecular weight excluding hydrogens is 394 g/mol. The van der Waals surface area contributed by atoms with E-state index in [9.17, 15) is 8.42 Å². The zero-order valence-corrected chi connectivity index (χ0v) is 17.6. The van der Waals surface area contributed by atoms with Gasteiger partial charge in [0.2, 0.25) is 15.9 Å². The van der Waals surface area contributed by atoms with E-state index in [1.165, 1.54) is 0 Å². The molecule has 28 heavy (non-hydrogen) atoms. The number of thiophene rings is 1. The third-order valence-corrected chi connectivity index (χ3v) is 7.87. The first kappa shape index (κ1) is 19.3. The molecule has 3 aromatic rings. The molecule has 2 aromatic heterocycles. The molecule has 8 heteroatoms. The van der Waals surface area contributed by atoms with Crippen LogP contribution in [0.4, 0.5) is 0 Å². The molecule has 1 saturated heterocycles. The SMILES string of the molecule is Cc1ccc(S(=O)(=O)N2CCN(Cc3coc(-c4cccs4)n3)CC2)cc1C. The van der Waals surface area contributed by atoms with Crippen LogP contribution in [0.5, 0.6) is 0 Å². The summed E-state index contributed by atoms with van der Waals surface area (Å²) in [6, 6.07) is 9.29. The van der Waals surface area contributed by atoms with Crippen LogP contribution in [0.15, 0.2) is 51.3 Å². The van der Waals surface area contributed by atoms with Crippen molar-refractivity contribution in [2.24, 2.45) is 0 Å². The summed E-state index contributed by atoms with van der Waals surface area (Å²) in [4.78, 5) is 8.15. The van der Waals surface area contributed by atoms with Crippen LogP contribution in [-0.2, 0) is 16.6 Å². The number of rotatable bonds is 5. The van der Waals surface area contributed by atoms with Crippen molar-refractivity contribution in [1.29, 1.82) is 0 Å². The average molecular weight is 418 g/mol. The lowest BCUT2D eigenvalue weighted by atomic mass is 10.1. The molecule has 0 aliphatic carbocycles. The second kappa shape index (κ2) is 7.79. The Hall–Kier alpha value is -2.00. The van der Waals surface area contributed by atoms with Crippen molar-refractivity contribution in [2.75, 3.05) is 26.2 Å². The lowest BCUT2D eigenvalue weighted by Crippen LogP contribution is -2.48. The van der Waals surface area contributed by atoms with Gasteiger partial charge in [-0.15, -0.1) is 11.3 Å². The van der Waals surface area contributed by atoms with Gasteiger partial charge in [-0.05, 0) is 48.6 Å². The van der Waals surface area contributed by atoms with Gasteiger partial charge in [0.1, 0.15) is 6.26 Å². The van der Waals surface area contributed by atoms with Crippen molar-refractivity contribution >= 4 is 21.4 Å². The van der Waals surface area contributed by atoms with Gasteiger partial charge in [-0.25, -0.2) is 13.4 Å². The van der Waals surface area contributed by atoms with Gasteiger partial charge in [-0.1, -0.05) is 12.1 Å². The van der Waals surface area contributed by atoms with Gasteiger partial charge in [0.05, 0.1) is 15.5 Å². The van der Waals surface area contributed by atoms with E-state index in [0.29, 0.717) is 43.5 Å². The Morgan fingerprint density at radius 2 is 1.89 bits per heavy atom. The molecule has 6 nitrogen and oxygen atoms in total. The van der Waals surface area contributed by atoms with E-state index in [4.69, 9.17) is 4.42 Å². The topological polar surface area (TPSA) is 66.7 Å².